The summed E-state index contributed by atoms with van der Waals surface area (Å²) in [7, 11) is 0. The molecule has 0 saturated heterocycles. The molecule has 0 saturated carbocycles. The van der Waals surface area contributed by atoms with Crippen LogP contribution in [0.5, 0.6) is 0 Å². The molecule has 5 heteroatoms. The third-order valence-corrected chi connectivity index (χ3v) is 2.82. The van der Waals surface area contributed by atoms with E-state index in [0.717, 1.165) is 23.6 Å². The van der Waals surface area contributed by atoms with Gasteiger partial charge in [-0.2, -0.15) is 9.36 Å². The van der Waals surface area contributed by atoms with Crippen molar-refractivity contribution in [2.75, 3.05) is 0 Å². The lowest BCUT2D eigenvalue weighted by molar-refractivity contribution is 0.499. The highest BCUT2D eigenvalue weighted by molar-refractivity contribution is 7.13. The molecule has 0 amide bonds. The fourth-order valence-electron chi connectivity index (χ4n) is 1.24. The predicted molar refractivity (Wildman–Crippen MR) is 54.7 cm³/mol. The molecule has 14 heavy (non-hydrogen) atoms. The van der Waals surface area contributed by atoms with Gasteiger partial charge in [0.25, 0.3) is 5.56 Å². The smallest absolute Gasteiger partial charge is 0.295 e. The quantitative estimate of drug-likeness (QED) is 0.759. The molecule has 0 aromatic carbocycles. The average Bonchev–Trinajstić information content (AvgIpc) is 2.49. The molecule has 4 nitrogen and oxygen atoms in total. The summed E-state index contributed by atoms with van der Waals surface area (Å²) < 4.78 is 10.1. The molecule has 2 aromatic rings. The number of rotatable bonds is 2. The molecule has 74 valence electrons. The first-order valence-electron chi connectivity index (χ1n) is 4.48. The van der Waals surface area contributed by atoms with Crippen LogP contribution in [0.4, 0.5) is 0 Å². The zero-order valence-corrected chi connectivity index (χ0v) is 8.85. The Morgan fingerprint density at radius 3 is 3.00 bits per heavy atom. The van der Waals surface area contributed by atoms with E-state index in [9.17, 15) is 4.79 Å². The molecule has 0 fully saturated rings. The van der Waals surface area contributed by atoms with Gasteiger partial charge >= 0.3 is 0 Å². The van der Waals surface area contributed by atoms with E-state index in [-0.39, 0.29) is 5.56 Å². The molecule has 0 unspecified atom stereocenters. The van der Waals surface area contributed by atoms with Crippen LogP contribution in [-0.2, 0) is 6.42 Å². The van der Waals surface area contributed by atoms with Gasteiger partial charge in [0.2, 0.25) is 0 Å². The van der Waals surface area contributed by atoms with Crippen LogP contribution in [-0.4, -0.2) is 9.36 Å². The molecule has 0 bridgehead atoms. The number of hydrogen-bond acceptors (Lipinski definition) is 5. The molecule has 0 aliphatic carbocycles. The maximum absolute atomic E-state index is 11.5. The van der Waals surface area contributed by atoms with Gasteiger partial charge in [0.05, 0.1) is 5.69 Å². The first-order chi connectivity index (χ1) is 6.72. The second kappa shape index (κ2) is 3.49. The fraction of sp³-hybridized carbons (Fsp3) is 0.444. The van der Waals surface area contributed by atoms with Gasteiger partial charge in [-0.05, 0) is 24.9 Å². The number of aryl methyl sites for hydroxylation is 2. The minimum absolute atomic E-state index is 0.222. The first-order valence-corrected chi connectivity index (χ1v) is 5.25. The molecule has 2 rings (SSSR count). The van der Waals surface area contributed by atoms with E-state index in [2.05, 4.69) is 9.36 Å². The van der Waals surface area contributed by atoms with Crippen LogP contribution in [0, 0.1) is 6.92 Å². The Balaban J connectivity index is 2.69. The van der Waals surface area contributed by atoms with E-state index in [0.29, 0.717) is 22.6 Å². The van der Waals surface area contributed by atoms with Crippen molar-refractivity contribution in [2.45, 2.75) is 26.7 Å². The Morgan fingerprint density at radius 2 is 2.29 bits per heavy atom. The van der Waals surface area contributed by atoms with Crippen LogP contribution in [0.1, 0.15) is 24.9 Å². The summed E-state index contributed by atoms with van der Waals surface area (Å²) in [6.07, 6.45) is 1.61. The lowest BCUT2D eigenvalue weighted by atomic mass is 10.3. The van der Waals surface area contributed by atoms with E-state index >= 15 is 0 Å². The Hall–Kier alpha value is -1.23. The monoisotopic (exact) mass is 210 g/mol. The summed E-state index contributed by atoms with van der Waals surface area (Å²) in [6.45, 7) is 3.85. The SMILES string of the molecule is CCCc1nc(=O)c2snc(C)c2o1. The number of fused-ring (bicyclic) bond motifs is 1. The number of hydrogen-bond donors (Lipinski definition) is 0. The molecule has 0 aliphatic rings. The summed E-state index contributed by atoms with van der Waals surface area (Å²) in [6, 6.07) is 0. The zero-order chi connectivity index (χ0) is 10.1. The normalized spacial score (nSPS) is 11.0. The standard InChI is InChI=1S/C9H10N2O2S/c1-3-4-6-10-9(12)8-7(13-6)5(2)11-14-8/h3-4H2,1-2H3. The number of nitrogens with zero attached hydrogens (tertiary/aromatic N) is 2. The third kappa shape index (κ3) is 1.43. The van der Waals surface area contributed by atoms with Crippen molar-refractivity contribution in [3.8, 4) is 0 Å². The van der Waals surface area contributed by atoms with Gasteiger partial charge in [0, 0.05) is 6.42 Å². The Kier molecular flexibility index (Phi) is 2.33. The second-order valence-electron chi connectivity index (χ2n) is 3.09. The summed E-state index contributed by atoms with van der Waals surface area (Å²) >= 11 is 1.15. The highest BCUT2D eigenvalue weighted by Gasteiger charge is 2.10. The van der Waals surface area contributed by atoms with Crippen molar-refractivity contribution in [3.05, 3.63) is 21.9 Å². The van der Waals surface area contributed by atoms with E-state index in [1.807, 2.05) is 13.8 Å². The molecular formula is C9H10N2O2S. The van der Waals surface area contributed by atoms with Crippen LogP contribution in [0.3, 0.4) is 0 Å². The van der Waals surface area contributed by atoms with Crippen molar-refractivity contribution in [2.24, 2.45) is 0 Å². The van der Waals surface area contributed by atoms with Crippen molar-refractivity contribution in [1.29, 1.82) is 0 Å². The average molecular weight is 210 g/mol. The maximum Gasteiger partial charge on any atom is 0.295 e. The topological polar surface area (TPSA) is 56.0 Å². The molecule has 2 heterocycles. The van der Waals surface area contributed by atoms with Gasteiger partial charge in [0.1, 0.15) is 0 Å². The largest absolute Gasteiger partial charge is 0.439 e. The van der Waals surface area contributed by atoms with Gasteiger partial charge in [0.15, 0.2) is 16.2 Å². The van der Waals surface area contributed by atoms with E-state index in [1.165, 1.54) is 0 Å². The third-order valence-electron chi connectivity index (χ3n) is 1.91. The summed E-state index contributed by atoms with van der Waals surface area (Å²) in [5.41, 5.74) is 1.14. The highest BCUT2D eigenvalue weighted by Crippen LogP contribution is 2.18. The van der Waals surface area contributed by atoms with E-state index < -0.39 is 0 Å². The molecule has 0 aliphatic heterocycles. The first kappa shape index (κ1) is 9.33. The van der Waals surface area contributed by atoms with Gasteiger partial charge in [-0.15, -0.1) is 0 Å². The summed E-state index contributed by atoms with van der Waals surface area (Å²) in [5.74, 6) is 0.508. The van der Waals surface area contributed by atoms with E-state index in [4.69, 9.17) is 4.42 Å². The molecule has 2 aromatic heterocycles. The molecular weight excluding hydrogens is 200 g/mol. The minimum atomic E-state index is -0.222. The van der Waals surface area contributed by atoms with Crippen LogP contribution in [0.15, 0.2) is 9.21 Å². The molecule has 0 spiro atoms. The second-order valence-corrected chi connectivity index (χ2v) is 3.86. The van der Waals surface area contributed by atoms with Crippen molar-refractivity contribution in [1.82, 2.24) is 9.36 Å². The van der Waals surface area contributed by atoms with Gasteiger partial charge < -0.3 is 4.42 Å². The predicted octanol–water partition coefficient (Wildman–Crippen LogP) is 1.91. The van der Waals surface area contributed by atoms with Gasteiger partial charge in [-0.1, -0.05) is 6.92 Å². The van der Waals surface area contributed by atoms with Crippen LogP contribution in [0.25, 0.3) is 10.3 Å². The van der Waals surface area contributed by atoms with Crippen molar-refractivity contribution >= 4 is 21.8 Å². The lowest BCUT2D eigenvalue weighted by Crippen LogP contribution is -2.07. The summed E-state index contributed by atoms with van der Waals surface area (Å²) in [5, 5.41) is 0. The maximum atomic E-state index is 11.5. The van der Waals surface area contributed by atoms with Gasteiger partial charge in [-0.3, -0.25) is 4.79 Å². The van der Waals surface area contributed by atoms with Crippen LogP contribution >= 0.6 is 11.5 Å². The Bertz CT molecular complexity index is 515. The molecule has 0 radical (unpaired) electrons. The molecule has 0 N–H and O–H groups in total. The minimum Gasteiger partial charge on any atom is -0.439 e. The Labute approximate surface area is 84.8 Å². The Morgan fingerprint density at radius 1 is 1.50 bits per heavy atom. The highest BCUT2D eigenvalue weighted by atomic mass is 32.1. The number of aromatic nitrogens is 2. The summed E-state index contributed by atoms with van der Waals surface area (Å²) in [4.78, 5) is 15.3. The van der Waals surface area contributed by atoms with E-state index in [1.54, 1.807) is 0 Å². The van der Waals surface area contributed by atoms with Crippen molar-refractivity contribution in [3.63, 3.8) is 0 Å². The lowest BCUT2D eigenvalue weighted by Gasteiger charge is -1.95. The fourth-order valence-corrected chi connectivity index (χ4v) is 1.95. The van der Waals surface area contributed by atoms with Crippen LogP contribution < -0.4 is 5.56 Å². The van der Waals surface area contributed by atoms with Crippen molar-refractivity contribution < 1.29 is 4.42 Å². The zero-order valence-electron chi connectivity index (χ0n) is 8.03. The van der Waals surface area contributed by atoms with Gasteiger partial charge in [-0.25, -0.2) is 0 Å². The van der Waals surface area contributed by atoms with Crippen LogP contribution in [0.2, 0.25) is 0 Å². The molecule has 0 atom stereocenters.